The van der Waals surface area contributed by atoms with Gasteiger partial charge in [0.15, 0.2) is 5.78 Å². The predicted molar refractivity (Wildman–Crippen MR) is 83.3 cm³/mol. The number of aliphatic hydroxyl groups is 1. The molecule has 7 heteroatoms. The lowest BCUT2D eigenvalue weighted by Crippen LogP contribution is -2.48. The van der Waals surface area contributed by atoms with Crippen molar-refractivity contribution >= 4 is 24.4 Å². The summed E-state index contributed by atoms with van der Waals surface area (Å²) in [6.45, 7) is 3.05. The van der Waals surface area contributed by atoms with E-state index >= 15 is 0 Å². The highest BCUT2D eigenvalue weighted by molar-refractivity contribution is 7.80. The van der Waals surface area contributed by atoms with Gasteiger partial charge in [0.2, 0.25) is 0 Å². The number of carbonyl (C=O) groups is 2. The molecule has 0 aliphatic rings. The van der Waals surface area contributed by atoms with Crippen LogP contribution in [0.5, 0.6) is 0 Å². The number of rotatable bonds is 12. The molecule has 20 heavy (non-hydrogen) atoms. The molecule has 0 aromatic heterocycles. The first-order chi connectivity index (χ1) is 9.61. The maximum atomic E-state index is 11.4. The van der Waals surface area contributed by atoms with Crippen molar-refractivity contribution in [3.8, 4) is 0 Å². The van der Waals surface area contributed by atoms with Crippen LogP contribution in [-0.4, -0.2) is 55.0 Å². The van der Waals surface area contributed by atoms with Crippen LogP contribution in [0.15, 0.2) is 0 Å². The number of nitrogens with one attached hydrogen (secondary N) is 3. The summed E-state index contributed by atoms with van der Waals surface area (Å²) in [5.74, 6) is 0.684. The van der Waals surface area contributed by atoms with Crippen molar-refractivity contribution in [3.63, 3.8) is 0 Å². The van der Waals surface area contributed by atoms with Gasteiger partial charge in [0.25, 0.3) is 0 Å². The number of hydrogen-bond acceptors (Lipinski definition) is 5. The largest absolute Gasteiger partial charge is 0.394 e. The van der Waals surface area contributed by atoms with E-state index in [4.69, 9.17) is 5.11 Å². The van der Waals surface area contributed by atoms with Crippen LogP contribution in [0.4, 0.5) is 4.79 Å². The zero-order valence-electron chi connectivity index (χ0n) is 12.2. The number of thiol groups is 1. The molecule has 6 nitrogen and oxygen atoms in total. The number of carbonyl (C=O) groups excluding carboxylic acids is 2. The fourth-order valence-electron chi connectivity index (χ4n) is 1.59. The van der Waals surface area contributed by atoms with Crippen LogP contribution in [-0.2, 0) is 4.79 Å². The lowest BCUT2D eigenvalue weighted by Gasteiger charge is -2.14. The first-order valence-electron chi connectivity index (χ1n) is 7.09. The number of unbranched alkanes of at least 4 members (excludes halogenated alkanes) is 3. The summed E-state index contributed by atoms with van der Waals surface area (Å²) in [6.07, 6.45) is 4.68. The number of amides is 2. The SMILES string of the molecule is CC(=O)[C@H](CO)NC(=O)NCCNCCCCCCS. The van der Waals surface area contributed by atoms with Crippen molar-refractivity contribution in [3.05, 3.63) is 0 Å². The van der Waals surface area contributed by atoms with Gasteiger partial charge in [-0.2, -0.15) is 12.6 Å². The van der Waals surface area contributed by atoms with E-state index in [-0.39, 0.29) is 12.4 Å². The molecule has 0 spiro atoms. The van der Waals surface area contributed by atoms with Crippen LogP contribution in [0.2, 0.25) is 0 Å². The molecule has 0 aliphatic heterocycles. The third-order valence-corrected chi connectivity index (χ3v) is 3.14. The van der Waals surface area contributed by atoms with Crippen LogP contribution in [0.1, 0.15) is 32.6 Å². The van der Waals surface area contributed by atoms with E-state index in [1.807, 2.05) is 0 Å². The first kappa shape index (κ1) is 19.2. The number of aliphatic hydroxyl groups excluding tert-OH is 1. The Morgan fingerprint density at radius 3 is 2.40 bits per heavy atom. The summed E-state index contributed by atoms with van der Waals surface area (Å²) in [6, 6.07) is -1.26. The highest BCUT2D eigenvalue weighted by Gasteiger charge is 2.14. The van der Waals surface area contributed by atoms with Gasteiger partial charge in [0, 0.05) is 13.1 Å². The molecule has 0 fully saturated rings. The van der Waals surface area contributed by atoms with Crippen LogP contribution < -0.4 is 16.0 Å². The van der Waals surface area contributed by atoms with E-state index in [1.165, 1.54) is 19.8 Å². The molecule has 0 rings (SSSR count). The van der Waals surface area contributed by atoms with Crippen molar-refractivity contribution in [2.45, 2.75) is 38.6 Å². The molecule has 0 bridgehead atoms. The Kier molecular flexibility index (Phi) is 12.7. The standard InChI is InChI=1S/C13H27N3O3S/c1-11(18)12(10-17)16-13(19)15-8-7-14-6-4-2-3-5-9-20/h12,14,17,20H,2-10H2,1H3,(H2,15,16,19)/t12-/m0/s1. The first-order valence-corrected chi connectivity index (χ1v) is 7.72. The van der Waals surface area contributed by atoms with Gasteiger partial charge in [-0.15, -0.1) is 0 Å². The molecular weight excluding hydrogens is 278 g/mol. The van der Waals surface area contributed by atoms with Crippen molar-refractivity contribution < 1.29 is 14.7 Å². The topological polar surface area (TPSA) is 90.5 Å². The molecular formula is C13H27N3O3S. The van der Waals surface area contributed by atoms with E-state index in [9.17, 15) is 9.59 Å². The second-order valence-corrected chi connectivity index (χ2v) is 5.08. The van der Waals surface area contributed by atoms with E-state index in [2.05, 4.69) is 28.6 Å². The molecule has 118 valence electrons. The molecule has 0 aromatic carbocycles. The van der Waals surface area contributed by atoms with E-state index in [0.717, 1.165) is 25.1 Å². The molecule has 2 amide bonds. The lowest BCUT2D eigenvalue weighted by molar-refractivity contribution is -0.119. The highest BCUT2D eigenvalue weighted by atomic mass is 32.1. The second-order valence-electron chi connectivity index (χ2n) is 4.63. The maximum absolute atomic E-state index is 11.4. The Hall–Kier alpha value is -0.790. The average molecular weight is 305 g/mol. The molecule has 4 N–H and O–H groups in total. The summed E-state index contributed by atoms with van der Waals surface area (Å²) >= 11 is 4.16. The van der Waals surface area contributed by atoms with Gasteiger partial charge in [-0.3, -0.25) is 4.79 Å². The minimum atomic E-state index is -0.824. The second kappa shape index (κ2) is 13.2. The van der Waals surface area contributed by atoms with Gasteiger partial charge in [-0.25, -0.2) is 4.79 Å². The quantitative estimate of drug-likeness (QED) is 0.265. The zero-order chi connectivity index (χ0) is 15.2. The summed E-state index contributed by atoms with van der Waals surface area (Å²) in [7, 11) is 0. The Labute approximate surface area is 126 Å². The van der Waals surface area contributed by atoms with Crippen molar-refractivity contribution in [1.82, 2.24) is 16.0 Å². The fraction of sp³-hybridized carbons (Fsp3) is 0.846. The Balaban J connectivity index is 3.41. The minimum absolute atomic E-state index is 0.262. The normalized spacial score (nSPS) is 11.9. The summed E-state index contributed by atoms with van der Waals surface area (Å²) in [5, 5.41) is 17.2. The predicted octanol–water partition coefficient (Wildman–Crippen LogP) is 0.315. The summed E-state index contributed by atoms with van der Waals surface area (Å²) in [5.41, 5.74) is 0. The molecule has 0 saturated carbocycles. The summed E-state index contributed by atoms with van der Waals surface area (Å²) < 4.78 is 0. The van der Waals surface area contributed by atoms with E-state index in [0.29, 0.717) is 13.1 Å². The zero-order valence-corrected chi connectivity index (χ0v) is 13.0. The Morgan fingerprint density at radius 1 is 1.10 bits per heavy atom. The lowest BCUT2D eigenvalue weighted by atomic mass is 10.2. The van der Waals surface area contributed by atoms with Gasteiger partial charge in [-0.1, -0.05) is 12.8 Å². The van der Waals surface area contributed by atoms with Crippen molar-refractivity contribution in [1.29, 1.82) is 0 Å². The molecule has 0 heterocycles. The number of ketones is 1. The van der Waals surface area contributed by atoms with Gasteiger partial charge in [0.05, 0.1) is 6.61 Å². The van der Waals surface area contributed by atoms with Gasteiger partial charge in [0.1, 0.15) is 6.04 Å². The highest BCUT2D eigenvalue weighted by Crippen LogP contribution is 1.99. The van der Waals surface area contributed by atoms with E-state index in [1.54, 1.807) is 0 Å². The molecule has 0 saturated heterocycles. The van der Waals surface area contributed by atoms with Crippen LogP contribution in [0.25, 0.3) is 0 Å². The third kappa shape index (κ3) is 11.1. The average Bonchev–Trinajstić information content (AvgIpc) is 2.42. The van der Waals surface area contributed by atoms with Crippen LogP contribution >= 0.6 is 12.6 Å². The molecule has 0 aliphatic carbocycles. The Morgan fingerprint density at radius 2 is 1.80 bits per heavy atom. The molecule has 0 aromatic rings. The fourth-order valence-corrected chi connectivity index (χ4v) is 1.81. The monoisotopic (exact) mass is 305 g/mol. The number of hydrogen-bond donors (Lipinski definition) is 5. The van der Waals surface area contributed by atoms with Crippen molar-refractivity contribution in [2.75, 3.05) is 32.0 Å². The maximum Gasteiger partial charge on any atom is 0.315 e. The van der Waals surface area contributed by atoms with Gasteiger partial charge < -0.3 is 21.1 Å². The van der Waals surface area contributed by atoms with Crippen molar-refractivity contribution in [2.24, 2.45) is 0 Å². The van der Waals surface area contributed by atoms with E-state index < -0.39 is 12.1 Å². The summed E-state index contributed by atoms with van der Waals surface area (Å²) in [4.78, 5) is 22.4. The Bertz CT molecular complexity index is 278. The minimum Gasteiger partial charge on any atom is -0.394 e. The smallest absolute Gasteiger partial charge is 0.315 e. The molecule has 0 unspecified atom stereocenters. The van der Waals surface area contributed by atoms with Gasteiger partial charge in [-0.05, 0) is 32.1 Å². The van der Waals surface area contributed by atoms with Crippen LogP contribution in [0, 0.1) is 0 Å². The van der Waals surface area contributed by atoms with Gasteiger partial charge >= 0.3 is 6.03 Å². The van der Waals surface area contributed by atoms with Crippen LogP contribution in [0.3, 0.4) is 0 Å². The molecule has 0 radical (unpaired) electrons. The molecule has 1 atom stereocenters. The number of urea groups is 1. The third-order valence-electron chi connectivity index (χ3n) is 2.83. The number of Topliss-reactive ketones (excluding diaryl/α,β-unsaturated/α-hetero) is 1.